The summed E-state index contributed by atoms with van der Waals surface area (Å²) in [6.07, 6.45) is 4.25. The van der Waals surface area contributed by atoms with Crippen LogP contribution in [0.3, 0.4) is 0 Å². The Kier molecular flexibility index (Phi) is 8.46. The third kappa shape index (κ3) is 5.77. The minimum atomic E-state index is -0.180. The van der Waals surface area contributed by atoms with E-state index in [9.17, 15) is 5.11 Å². The number of imidazole rings is 1. The smallest absolute Gasteiger partial charge is 0.336 e. The molecular formula is C22H32N6O4. The Bertz CT molecular complexity index is 1000. The van der Waals surface area contributed by atoms with Gasteiger partial charge in [-0.1, -0.05) is 13.3 Å². The molecule has 0 saturated heterocycles. The zero-order chi connectivity index (χ0) is 22.9. The molecule has 3 aromatic rings. The van der Waals surface area contributed by atoms with E-state index in [1.807, 2.05) is 25.2 Å². The number of benzene rings is 1. The lowest BCUT2D eigenvalue weighted by molar-refractivity contribution is 0.133. The number of anilines is 1. The van der Waals surface area contributed by atoms with E-state index in [2.05, 4.69) is 27.3 Å². The van der Waals surface area contributed by atoms with Crippen LogP contribution in [-0.2, 0) is 6.42 Å². The van der Waals surface area contributed by atoms with E-state index in [1.165, 1.54) is 0 Å². The highest BCUT2D eigenvalue weighted by Crippen LogP contribution is 2.27. The van der Waals surface area contributed by atoms with Gasteiger partial charge in [0, 0.05) is 31.6 Å². The zero-order valence-electron chi connectivity index (χ0n) is 18.9. The maximum Gasteiger partial charge on any atom is 0.336 e. The molecule has 0 fully saturated rings. The monoisotopic (exact) mass is 444 g/mol. The summed E-state index contributed by atoms with van der Waals surface area (Å²) in [5, 5.41) is 16.9. The summed E-state index contributed by atoms with van der Waals surface area (Å²) in [5.74, 6) is 1.73. The van der Waals surface area contributed by atoms with E-state index in [-0.39, 0.29) is 24.5 Å². The molecule has 0 bridgehead atoms. The van der Waals surface area contributed by atoms with Gasteiger partial charge < -0.3 is 30.4 Å². The van der Waals surface area contributed by atoms with Crippen LogP contribution in [0.5, 0.6) is 17.5 Å². The van der Waals surface area contributed by atoms with Gasteiger partial charge in [-0.05, 0) is 31.7 Å². The molecule has 0 aliphatic rings. The fraction of sp³-hybridized carbons (Fsp3) is 0.500. The summed E-state index contributed by atoms with van der Waals surface area (Å²) < 4.78 is 18.9. The Hall–Kier alpha value is -3.11. The van der Waals surface area contributed by atoms with Gasteiger partial charge in [-0.3, -0.25) is 0 Å². The number of nitrogens with two attached hydrogens (primary N) is 1. The quantitative estimate of drug-likeness (QED) is 0.338. The van der Waals surface area contributed by atoms with Crippen molar-refractivity contribution in [3.8, 4) is 17.5 Å². The predicted octanol–water partition coefficient (Wildman–Crippen LogP) is 1.83. The molecule has 1 aromatic carbocycles. The molecule has 0 aliphatic carbocycles. The Labute approximate surface area is 187 Å². The predicted molar refractivity (Wildman–Crippen MR) is 121 cm³/mol. The van der Waals surface area contributed by atoms with Crippen molar-refractivity contribution in [3.05, 3.63) is 35.7 Å². The fourth-order valence-corrected chi connectivity index (χ4v) is 3.42. The third-order valence-corrected chi connectivity index (χ3v) is 5.02. The molecule has 0 spiro atoms. The summed E-state index contributed by atoms with van der Waals surface area (Å²) in [6.45, 7) is 3.41. The van der Waals surface area contributed by atoms with E-state index < -0.39 is 0 Å². The van der Waals surface area contributed by atoms with Gasteiger partial charge >= 0.3 is 6.01 Å². The van der Waals surface area contributed by atoms with Crippen LogP contribution in [0, 0.1) is 0 Å². The van der Waals surface area contributed by atoms with E-state index in [0.29, 0.717) is 25.1 Å². The minimum Gasteiger partial charge on any atom is -0.496 e. The lowest BCUT2D eigenvalue weighted by atomic mass is 10.1. The molecule has 174 valence electrons. The first-order chi connectivity index (χ1) is 15.6. The molecule has 0 aliphatic heterocycles. The molecule has 3 rings (SSSR count). The van der Waals surface area contributed by atoms with Crippen molar-refractivity contribution in [3.63, 3.8) is 0 Å². The second-order valence-corrected chi connectivity index (χ2v) is 7.41. The van der Waals surface area contributed by atoms with Gasteiger partial charge in [-0.25, -0.2) is 9.50 Å². The first-order valence-corrected chi connectivity index (χ1v) is 10.8. The number of ether oxygens (including phenoxy) is 3. The molecule has 0 unspecified atom stereocenters. The Morgan fingerprint density at radius 2 is 2.12 bits per heavy atom. The molecule has 4 N–H and O–H groups in total. The van der Waals surface area contributed by atoms with Crippen LogP contribution in [0.15, 0.2) is 24.4 Å². The summed E-state index contributed by atoms with van der Waals surface area (Å²) in [4.78, 5) is 8.63. The van der Waals surface area contributed by atoms with Crippen LogP contribution in [0.4, 0.5) is 5.82 Å². The molecule has 1 atom stereocenters. The highest BCUT2D eigenvalue weighted by atomic mass is 16.5. The minimum absolute atomic E-state index is 0.0330. The van der Waals surface area contributed by atoms with Crippen LogP contribution in [-0.4, -0.2) is 64.7 Å². The molecule has 0 radical (unpaired) electrons. The Morgan fingerprint density at radius 3 is 2.84 bits per heavy atom. The number of nitrogen functional groups attached to an aromatic ring is 1. The maximum absolute atomic E-state index is 9.30. The number of aliphatic hydroxyl groups excluding tert-OH is 1. The SMILES string of the molecule is CCC[C@H](CCO)Oc1nc(N)c2ncc(Cc3cc(OCCNC)ccc3OC)n2n1. The molecule has 10 heteroatoms. The molecule has 0 amide bonds. The van der Waals surface area contributed by atoms with Crippen LogP contribution >= 0.6 is 0 Å². The largest absolute Gasteiger partial charge is 0.496 e. The van der Waals surface area contributed by atoms with Crippen LogP contribution in [0.25, 0.3) is 5.65 Å². The molecular weight excluding hydrogens is 412 g/mol. The van der Waals surface area contributed by atoms with E-state index >= 15 is 0 Å². The number of likely N-dealkylation sites (N-methyl/N-ethyl adjacent to an activating group) is 1. The highest BCUT2D eigenvalue weighted by Gasteiger charge is 2.17. The zero-order valence-corrected chi connectivity index (χ0v) is 18.9. The highest BCUT2D eigenvalue weighted by molar-refractivity contribution is 5.60. The Morgan fingerprint density at radius 1 is 1.28 bits per heavy atom. The number of aromatic nitrogens is 4. The van der Waals surface area contributed by atoms with Crippen LogP contribution < -0.4 is 25.3 Å². The lowest BCUT2D eigenvalue weighted by Gasteiger charge is -2.16. The number of fused-ring (bicyclic) bond motifs is 1. The number of nitrogens with zero attached hydrogens (tertiary/aromatic N) is 4. The fourth-order valence-electron chi connectivity index (χ4n) is 3.42. The topological polar surface area (TPSA) is 129 Å². The number of aliphatic hydroxyl groups is 1. The van der Waals surface area contributed by atoms with Gasteiger partial charge in [0.25, 0.3) is 0 Å². The molecule has 2 aromatic heterocycles. The van der Waals surface area contributed by atoms with Crippen molar-refractivity contribution in [2.24, 2.45) is 0 Å². The standard InChI is InChI=1S/C22H32N6O4/c1-4-5-17(8-10-29)32-22-26-20(23)21-25-14-16(28(21)27-22)12-15-13-18(31-11-9-24-2)6-7-19(15)30-3/h6-7,13-14,17,24,29H,4-5,8-12H2,1-3H3,(H2,23,26,27)/t17-/m1/s1. The van der Waals surface area contributed by atoms with Crippen molar-refractivity contribution in [1.82, 2.24) is 24.9 Å². The van der Waals surface area contributed by atoms with Crippen LogP contribution in [0.2, 0.25) is 0 Å². The van der Waals surface area contributed by atoms with E-state index in [4.69, 9.17) is 19.9 Å². The maximum atomic E-state index is 9.30. The van der Waals surface area contributed by atoms with Crippen molar-refractivity contribution < 1.29 is 19.3 Å². The van der Waals surface area contributed by atoms with E-state index in [0.717, 1.165) is 42.1 Å². The summed E-state index contributed by atoms with van der Waals surface area (Å²) in [7, 11) is 3.52. The summed E-state index contributed by atoms with van der Waals surface area (Å²) in [5.41, 5.74) is 8.32. The third-order valence-electron chi connectivity index (χ3n) is 5.02. The second-order valence-electron chi connectivity index (χ2n) is 7.41. The van der Waals surface area contributed by atoms with Gasteiger partial charge in [0.05, 0.1) is 19.0 Å². The Balaban J connectivity index is 1.89. The number of rotatable bonds is 13. The van der Waals surface area contributed by atoms with Crippen molar-refractivity contribution in [1.29, 1.82) is 0 Å². The van der Waals surface area contributed by atoms with Gasteiger partial charge in [-0.2, -0.15) is 4.98 Å². The van der Waals surface area contributed by atoms with Gasteiger partial charge in [0.2, 0.25) is 0 Å². The number of nitrogens with one attached hydrogen (secondary N) is 1. The van der Waals surface area contributed by atoms with Crippen molar-refractivity contribution in [2.45, 2.75) is 38.7 Å². The van der Waals surface area contributed by atoms with Gasteiger partial charge in [0.1, 0.15) is 24.2 Å². The average molecular weight is 445 g/mol. The molecule has 0 saturated carbocycles. The molecule has 2 heterocycles. The normalized spacial score (nSPS) is 12.1. The van der Waals surface area contributed by atoms with Crippen molar-refractivity contribution >= 4 is 11.5 Å². The second kappa shape index (κ2) is 11.5. The molecule has 32 heavy (non-hydrogen) atoms. The average Bonchev–Trinajstić information content (AvgIpc) is 3.18. The number of hydrogen-bond donors (Lipinski definition) is 3. The summed E-state index contributed by atoms with van der Waals surface area (Å²) in [6, 6.07) is 5.88. The van der Waals surface area contributed by atoms with Crippen molar-refractivity contribution in [2.75, 3.05) is 39.6 Å². The molecule has 10 nitrogen and oxygen atoms in total. The first-order valence-electron chi connectivity index (χ1n) is 10.8. The summed E-state index contributed by atoms with van der Waals surface area (Å²) >= 11 is 0. The number of hydrogen-bond acceptors (Lipinski definition) is 9. The number of methoxy groups -OCH3 is 1. The van der Waals surface area contributed by atoms with Gasteiger partial charge in [-0.15, -0.1) is 5.10 Å². The lowest BCUT2D eigenvalue weighted by Crippen LogP contribution is -2.20. The first kappa shape index (κ1) is 23.6. The van der Waals surface area contributed by atoms with Crippen LogP contribution in [0.1, 0.15) is 37.4 Å². The van der Waals surface area contributed by atoms with Gasteiger partial charge in [0.15, 0.2) is 11.5 Å². The van der Waals surface area contributed by atoms with E-state index in [1.54, 1.807) is 17.8 Å².